The summed E-state index contributed by atoms with van der Waals surface area (Å²) in [5.74, 6) is 3.93. The molecule has 0 aliphatic carbocycles. The summed E-state index contributed by atoms with van der Waals surface area (Å²) in [6, 6.07) is 0. The SMILES string of the molecule is CSCCCNC(=NCc1nnc(C)n1C)N1CCC(OCC2CCCCO2)CC1. The van der Waals surface area contributed by atoms with Crippen LogP contribution in [0.25, 0.3) is 0 Å². The number of thioether (sulfide) groups is 1. The molecule has 0 bridgehead atoms. The van der Waals surface area contributed by atoms with Gasteiger partial charge >= 0.3 is 0 Å². The van der Waals surface area contributed by atoms with Gasteiger partial charge in [-0.1, -0.05) is 0 Å². The molecule has 1 N–H and O–H groups in total. The molecule has 0 radical (unpaired) electrons. The van der Waals surface area contributed by atoms with Gasteiger partial charge in [0.2, 0.25) is 0 Å². The Morgan fingerprint density at radius 1 is 1.27 bits per heavy atom. The first-order valence-corrected chi connectivity index (χ1v) is 12.7. The summed E-state index contributed by atoms with van der Waals surface area (Å²) in [4.78, 5) is 7.23. The Morgan fingerprint density at radius 2 is 2.10 bits per heavy atom. The number of nitrogens with one attached hydrogen (secondary N) is 1. The maximum Gasteiger partial charge on any atom is 0.194 e. The highest BCUT2D eigenvalue weighted by Crippen LogP contribution is 2.18. The second-order valence-electron chi connectivity index (χ2n) is 8.14. The van der Waals surface area contributed by atoms with Crippen molar-refractivity contribution in [2.24, 2.45) is 12.0 Å². The van der Waals surface area contributed by atoms with E-state index in [4.69, 9.17) is 14.5 Å². The van der Waals surface area contributed by atoms with Crippen LogP contribution in [0.3, 0.4) is 0 Å². The van der Waals surface area contributed by atoms with Crippen LogP contribution in [0.15, 0.2) is 4.99 Å². The summed E-state index contributed by atoms with van der Waals surface area (Å²) < 4.78 is 14.0. The molecule has 2 saturated heterocycles. The first-order valence-electron chi connectivity index (χ1n) is 11.3. The lowest BCUT2D eigenvalue weighted by molar-refractivity contribution is -0.0721. The Balaban J connectivity index is 1.50. The third kappa shape index (κ3) is 7.13. The summed E-state index contributed by atoms with van der Waals surface area (Å²) in [5.41, 5.74) is 0. The van der Waals surface area contributed by atoms with Gasteiger partial charge in [0.05, 0.1) is 18.8 Å². The molecule has 8 nitrogen and oxygen atoms in total. The molecule has 1 atom stereocenters. The van der Waals surface area contributed by atoms with Gasteiger partial charge in [-0.25, -0.2) is 4.99 Å². The van der Waals surface area contributed by atoms with Crippen molar-refractivity contribution in [1.29, 1.82) is 0 Å². The van der Waals surface area contributed by atoms with Gasteiger partial charge in [-0.2, -0.15) is 11.8 Å². The van der Waals surface area contributed by atoms with Gasteiger partial charge in [0.15, 0.2) is 11.8 Å². The van der Waals surface area contributed by atoms with Gasteiger partial charge in [-0.15, -0.1) is 10.2 Å². The van der Waals surface area contributed by atoms with Crippen LogP contribution < -0.4 is 5.32 Å². The molecule has 3 heterocycles. The zero-order valence-electron chi connectivity index (χ0n) is 18.8. The molecule has 0 aromatic carbocycles. The average molecular weight is 439 g/mol. The fourth-order valence-corrected chi connectivity index (χ4v) is 4.27. The van der Waals surface area contributed by atoms with Gasteiger partial charge < -0.3 is 24.3 Å². The van der Waals surface area contributed by atoms with E-state index in [1.54, 1.807) is 0 Å². The van der Waals surface area contributed by atoms with Crippen molar-refractivity contribution in [3.8, 4) is 0 Å². The van der Waals surface area contributed by atoms with Crippen LogP contribution in [0, 0.1) is 6.92 Å². The first kappa shape index (κ1) is 23.3. The molecule has 2 aliphatic rings. The molecule has 0 saturated carbocycles. The van der Waals surface area contributed by atoms with E-state index in [9.17, 15) is 0 Å². The van der Waals surface area contributed by atoms with Crippen molar-refractivity contribution < 1.29 is 9.47 Å². The number of hydrogen-bond acceptors (Lipinski definition) is 6. The maximum atomic E-state index is 6.18. The molecule has 1 aromatic heterocycles. The van der Waals surface area contributed by atoms with Crippen LogP contribution in [0.1, 0.15) is 50.2 Å². The molecule has 2 aliphatic heterocycles. The zero-order chi connectivity index (χ0) is 21.2. The Hall–Kier alpha value is -1.32. The van der Waals surface area contributed by atoms with E-state index in [-0.39, 0.29) is 0 Å². The number of piperidine rings is 1. The molecule has 3 rings (SSSR count). The number of hydrogen-bond donors (Lipinski definition) is 1. The molecule has 170 valence electrons. The molecule has 9 heteroatoms. The highest BCUT2D eigenvalue weighted by molar-refractivity contribution is 7.98. The Morgan fingerprint density at radius 3 is 2.77 bits per heavy atom. The van der Waals surface area contributed by atoms with Crippen molar-refractivity contribution in [3.05, 3.63) is 11.6 Å². The first-order chi connectivity index (χ1) is 14.7. The standard InChI is InChI=1S/C21H38N6O2S/c1-17-24-25-20(26(17)2)15-23-21(22-10-6-14-30-3)27-11-8-18(9-12-27)29-16-19-7-4-5-13-28-19/h18-19H,4-16H2,1-3H3,(H,22,23). The monoisotopic (exact) mass is 438 g/mol. The Labute approximate surface area is 185 Å². The average Bonchev–Trinajstić information content (AvgIpc) is 3.10. The van der Waals surface area contributed by atoms with Gasteiger partial charge in [0, 0.05) is 33.3 Å². The van der Waals surface area contributed by atoms with E-state index in [0.29, 0.717) is 18.8 Å². The number of guanidine groups is 1. The van der Waals surface area contributed by atoms with Crippen LogP contribution in [0.4, 0.5) is 0 Å². The van der Waals surface area contributed by atoms with Gasteiger partial charge in [0.25, 0.3) is 0 Å². The predicted octanol–water partition coefficient (Wildman–Crippen LogP) is 2.37. The van der Waals surface area contributed by atoms with E-state index in [1.807, 2.05) is 30.3 Å². The number of aliphatic imine (C=N–C) groups is 1. The van der Waals surface area contributed by atoms with Crippen molar-refractivity contribution in [3.63, 3.8) is 0 Å². The van der Waals surface area contributed by atoms with Crippen LogP contribution >= 0.6 is 11.8 Å². The fourth-order valence-electron chi connectivity index (χ4n) is 3.84. The van der Waals surface area contributed by atoms with E-state index in [1.165, 1.54) is 12.8 Å². The van der Waals surface area contributed by atoms with Crippen molar-refractivity contribution in [2.45, 2.75) is 64.2 Å². The normalized spacial score (nSPS) is 21.2. The van der Waals surface area contributed by atoms with E-state index in [2.05, 4.69) is 26.7 Å². The zero-order valence-corrected chi connectivity index (χ0v) is 19.6. The summed E-state index contributed by atoms with van der Waals surface area (Å²) in [5, 5.41) is 12.0. The van der Waals surface area contributed by atoms with Gasteiger partial charge in [-0.05, 0) is 57.5 Å². The summed E-state index contributed by atoms with van der Waals surface area (Å²) in [7, 11) is 1.99. The minimum atomic E-state index is 0.293. The molecule has 2 fully saturated rings. The van der Waals surface area contributed by atoms with Gasteiger partial charge in [0.1, 0.15) is 12.4 Å². The summed E-state index contributed by atoms with van der Waals surface area (Å²) >= 11 is 1.88. The molecule has 30 heavy (non-hydrogen) atoms. The lowest BCUT2D eigenvalue weighted by Gasteiger charge is -2.35. The highest BCUT2D eigenvalue weighted by Gasteiger charge is 2.24. The van der Waals surface area contributed by atoms with Crippen LogP contribution in [-0.4, -0.2) is 82.7 Å². The molecule has 0 spiro atoms. The van der Waals surface area contributed by atoms with Gasteiger partial charge in [-0.3, -0.25) is 0 Å². The van der Waals surface area contributed by atoms with Crippen molar-refractivity contribution in [1.82, 2.24) is 25.0 Å². The fraction of sp³-hybridized carbons (Fsp3) is 0.857. The predicted molar refractivity (Wildman–Crippen MR) is 122 cm³/mol. The molecular formula is C21H38N6O2S. The van der Waals surface area contributed by atoms with E-state index in [0.717, 1.165) is 81.9 Å². The topological polar surface area (TPSA) is 76.8 Å². The summed E-state index contributed by atoms with van der Waals surface area (Å²) in [6.07, 6.45) is 9.54. The number of rotatable bonds is 9. The molecule has 1 unspecified atom stereocenters. The van der Waals surface area contributed by atoms with E-state index >= 15 is 0 Å². The van der Waals surface area contributed by atoms with Crippen LogP contribution in [-0.2, 0) is 23.1 Å². The number of aromatic nitrogens is 3. The largest absolute Gasteiger partial charge is 0.376 e. The maximum absolute atomic E-state index is 6.18. The molecular weight excluding hydrogens is 400 g/mol. The highest BCUT2D eigenvalue weighted by atomic mass is 32.2. The Bertz CT molecular complexity index is 654. The smallest absolute Gasteiger partial charge is 0.194 e. The lowest BCUT2D eigenvalue weighted by atomic mass is 10.1. The molecule has 0 amide bonds. The lowest BCUT2D eigenvalue weighted by Crippen LogP contribution is -2.47. The minimum absolute atomic E-state index is 0.293. The second-order valence-corrected chi connectivity index (χ2v) is 9.13. The van der Waals surface area contributed by atoms with Crippen molar-refractivity contribution in [2.75, 3.05) is 44.9 Å². The Kier molecular flexibility index (Phi) is 9.74. The van der Waals surface area contributed by atoms with Crippen LogP contribution in [0.2, 0.25) is 0 Å². The second kappa shape index (κ2) is 12.5. The van der Waals surface area contributed by atoms with E-state index < -0.39 is 0 Å². The molecule has 1 aromatic rings. The minimum Gasteiger partial charge on any atom is -0.376 e. The third-order valence-electron chi connectivity index (χ3n) is 5.89. The quantitative estimate of drug-likeness (QED) is 0.360. The third-order valence-corrected chi connectivity index (χ3v) is 6.59. The number of ether oxygens (including phenoxy) is 2. The van der Waals surface area contributed by atoms with Crippen LogP contribution in [0.5, 0.6) is 0 Å². The number of nitrogens with zero attached hydrogens (tertiary/aromatic N) is 5. The van der Waals surface area contributed by atoms with Crippen molar-refractivity contribution >= 4 is 17.7 Å². The number of likely N-dealkylation sites (tertiary alicyclic amines) is 1. The number of aryl methyl sites for hydroxylation is 1. The summed E-state index contributed by atoms with van der Waals surface area (Å²) in [6.45, 7) is 6.99.